The second-order valence-electron chi connectivity index (χ2n) is 4.07. The molecule has 3 heteroatoms. The van der Waals surface area contributed by atoms with E-state index >= 15 is 0 Å². The van der Waals surface area contributed by atoms with Crippen LogP contribution in [-0.4, -0.2) is 24.0 Å². The van der Waals surface area contributed by atoms with Crippen LogP contribution in [0.25, 0.3) is 0 Å². The van der Waals surface area contributed by atoms with E-state index in [1.807, 2.05) is 13.8 Å². The fraction of sp³-hybridized carbons (Fsp3) is 0.750. The first-order chi connectivity index (χ1) is 7.18. The van der Waals surface area contributed by atoms with Crippen molar-refractivity contribution in [3.63, 3.8) is 0 Å². The van der Waals surface area contributed by atoms with Gasteiger partial charge in [0.05, 0.1) is 11.6 Å². The average Bonchev–Trinajstić information content (AvgIpc) is 2.75. The molecule has 0 bridgehead atoms. The highest BCUT2D eigenvalue weighted by atomic mass is 16.2. The Labute approximate surface area is 92.0 Å². The molecule has 1 aliphatic rings. The van der Waals surface area contributed by atoms with E-state index in [0.29, 0.717) is 0 Å². The lowest BCUT2D eigenvalue weighted by atomic mass is 9.92. The van der Waals surface area contributed by atoms with Crippen molar-refractivity contribution < 1.29 is 4.79 Å². The van der Waals surface area contributed by atoms with E-state index in [2.05, 4.69) is 16.6 Å². The van der Waals surface area contributed by atoms with Gasteiger partial charge in [0.1, 0.15) is 0 Å². The molecule has 15 heavy (non-hydrogen) atoms. The summed E-state index contributed by atoms with van der Waals surface area (Å²) in [4.78, 5) is 12.1. The minimum absolute atomic E-state index is 0.0623. The van der Waals surface area contributed by atoms with Gasteiger partial charge in [0.25, 0.3) is 0 Å². The number of hydrogen-bond donors (Lipinski definition) is 2. The minimum atomic E-state index is -0.371. The molecule has 0 aliphatic carbocycles. The van der Waals surface area contributed by atoms with E-state index in [9.17, 15) is 4.79 Å². The topological polar surface area (TPSA) is 41.1 Å². The molecular weight excluding hydrogens is 188 g/mol. The smallest absolute Gasteiger partial charge is 0.241 e. The Bertz CT molecular complexity index is 261. The lowest BCUT2D eigenvalue weighted by Gasteiger charge is -2.28. The van der Waals surface area contributed by atoms with Crippen LogP contribution in [0.5, 0.6) is 0 Å². The molecular formula is C12H20N2O. The maximum Gasteiger partial charge on any atom is 0.241 e. The van der Waals surface area contributed by atoms with Crippen molar-refractivity contribution in [3.8, 4) is 12.3 Å². The van der Waals surface area contributed by atoms with Crippen LogP contribution in [0.3, 0.4) is 0 Å². The third kappa shape index (κ3) is 2.51. The maximum atomic E-state index is 12.1. The fourth-order valence-corrected chi connectivity index (χ4v) is 2.02. The van der Waals surface area contributed by atoms with Crippen LogP contribution in [0, 0.1) is 12.3 Å². The van der Waals surface area contributed by atoms with Gasteiger partial charge >= 0.3 is 0 Å². The van der Waals surface area contributed by atoms with E-state index in [1.54, 1.807) is 0 Å². The Morgan fingerprint density at radius 3 is 2.80 bits per heavy atom. The largest absolute Gasteiger partial charge is 0.341 e. The lowest BCUT2D eigenvalue weighted by Crippen LogP contribution is -2.55. The Hall–Kier alpha value is -1.01. The SMILES string of the molecule is C#CC(CC)NC(=O)C1(CC)CCCN1. The quantitative estimate of drug-likeness (QED) is 0.678. The third-order valence-electron chi connectivity index (χ3n) is 3.20. The molecule has 1 aliphatic heterocycles. The normalized spacial score (nSPS) is 27.0. The van der Waals surface area contributed by atoms with E-state index in [0.717, 1.165) is 32.2 Å². The third-order valence-corrected chi connectivity index (χ3v) is 3.20. The zero-order valence-corrected chi connectivity index (χ0v) is 9.60. The second kappa shape index (κ2) is 5.18. The van der Waals surface area contributed by atoms with Crippen molar-refractivity contribution in [2.75, 3.05) is 6.54 Å². The van der Waals surface area contributed by atoms with E-state index in [4.69, 9.17) is 6.42 Å². The fourth-order valence-electron chi connectivity index (χ4n) is 2.02. The molecule has 2 atom stereocenters. The standard InChI is InChI=1S/C12H20N2O/c1-4-10(5-2)14-11(15)12(6-3)8-7-9-13-12/h1,10,13H,5-9H2,2-3H3,(H,14,15). The van der Waals surface area contributed by atoms with Crippen molar-refractivity contribution in [1.29, 1.82) is 0 Å². The Balaban J connectivity index is 2.62. The Morgan fingerprint density at radius 1 is 1.67 bits per heavy atom. The number of carbonyl (C=O) groups excluding carboxylic acids is 1. The predicted octanol–water partition coefficient (Wildman–Crippen LogP) is 1.05. The van der Waals surface area contributed by atoms with Gasteiger partial charge in [0.2, 0.25) is 5.91 Å². The summed E-state index contributed by atoms with van der Waals surface area (Å²) in [6.07, 6.45) is 8.91. The molecule has 0 saturated carbocycles. The highest BCUT2D eigenvalue weighted by Crippen LogP contribution is 2.23. The van der Waals surface area contributed by atoms with Crippen LogP contribution in [0.4, 0.5) is 0 Å². The van der Waals surface area contributed by atoms with Crippen LogP contribution >= 0.6 is 0 Å². The Morgan fingerprint density at radius 2 is 2.40 bits per heavy atom. The molecule has 0 aromatic rings. The molecule has 1 saturated heterocycles. The molecule has 2 N–H and O–H groups in total. The van der Waals surface area contributed by atoms with Crippen LogP contribution < -0.4 is 10.6 Å². The molecule has 1 rings (SSSR count). The lowest BCUT2D eigenvalue weighted by molar-refractivity contribution is -0.127. The summed E-state index contributed by atoms with van der Waals surface area (Å²) >= 11 is 0. The van der Waals surface area contributed by atoms with Crippen molar-refractivity contribution in [2.45, 2.75) is 51.1 Å². The molecule has 0 aromatic carbocycles. The molecule has 84 valence electrons. The van der Waals surface area contributed by atoms with Gasteiger partial charge in [-0.1, -0.05) is 19.8 Å². The van der Waals surface area contributed by atoms with E-state index in [-0.39, 0.29) is 17.5 Å². The van der Waals surface area contributed by atoms with Gasteiger partial charge in [-0.2, -0.15) is 0 Å². The highest BCUT2D eigenvalue weighted by Gasteiger charge is 2.39. The number of carbonyl (C=O) groups is 1. The first kappa shape index (κ1) is 12.1. The molecule has 0 aromatic heterocycles. The number of terminal acetylenes is 1. The number of hydrogen-bond acceptors (Lipinski definition) is 2. The van der Waals surface area contributed by atoms with Crippen molar-refractivity contribution >= 4 is 5.91 Å². The first-order valence-electron chi connectivity index (χ1n) is 5.70. The molecule has 1 amide bonds. The van der Waals surface area contributed by atoms with Crippen LogP contribution in [0.1, 0.15) is 39.5 Å². The molecule has 2 unspecified atom stereocenters. The van der Waals surface area contributed by atoms with Crippen molar-refractivity contribution in [3.05, 3.63) is 0 Å². The van der Waals surface area contributed by atoms with Gasteiger partial charge in [-0.05, 0) is 32.2 Å². The summed E-state index contributed by atoms with van der Waals surface area (Å²) in [6.45, 7) is 4.94. The van der Waals surface area contributed by atoms with Crippen molar-refractivity contribution in [1.82, 2.24) is 10.6 Å². The summed E-state index contributed by atoms with van der Waals surface area (Å²) in [7, 11) is 0. The second-order valence-corrected chi connectivity index (χ2v) is 4.07. The zero-order chi connectivity index (χ0) is 11.3. The van der Waals surface area contributed by atoms with E-state index in [1.165, 1.54) is 0 Å². The highest BCUT2D eigenvalue weighted by molar-refractivity contribution is 5.87. The summed E-state index contributed by atoms with van der Waals surface area (Å²) in [6, 6.07) is -0.136. The van der Waals surface area contributed by atoms with Crippen LogP contribution in [0.15, 0.2) is 0 Å². The minimum Gasteiger partial charge on any atom is -0.341 e. The monoisotopic (exact) mass is 208 g/mol. The maximum absolute atomic E-state index is 12.1. The van der Waals surface area contributed by atoms with Gasteiger partial charge < -0.3 is 10.6 Å². The van der Waals surface area contributed by atoms with E-state index < -0.39 is 0 Å². The van der Waals surface area contributed by atoms with Gasteiger partial charge in [0.15, 0.2) is 0 Å². The average molecular weight is 208 g/mol. The molecule has 0 spiro atoms. The molecule has 1 heterocycles. The van der Waals surface area contributed by atoms with Gasteiger partial charge in [-0.25, -0.2) is 0 Å². The summed E-state index contributed by atoms with van der Waals surface area (Å²) < 4.78 is 0. The number of rotatable bonds is 4. The molecule has 3 nitrogen and oxygen atoms in total. The van der Waals surface area contributed by atoms with Crippen LogP contribution in [0.2, 0.25) is 0 Å². The van der Waals surface area contributed by atoms with Crippen LogP contribution in [-0.2, 0) is 4.79 Å². The summed E-state index contributed by atoms with van der Waals surface area (Å²) in [5.74, 6) is 2.65. The summed E-state index contributed by atoms with van der Waals surface area (Å²) in [5.41, 5.74) is -0.371. The van der Waals surface area contributed by atoms with Gasteiger partial charge in [-0.3, -0.25) is 4.79 Å². The van der Waals surface area contributed by atoms with Gasteiger partial charge in [-0.15, -0.1) is 6.42 Å². The summed E-state index contributed by atoms with van der Waals surface area (Å²) in [5, 5.41) is 6.20. The van der Waals surface area contributed by atoms with Gasteiger partial charge in [0, 0.05) is 0 Å². The molecule has 0 radical (unpaired) electrons. The predicted molar refractivity (Wildman–Crippen MR) is 61.3 cm³/mol. The van der Waals surface area contributed by atoms with Crippen molar-refractivity contribution in [2.24, 2.45) is 0 Å². The number of nitrogens with one attached hydrogen (secondary N) is 2. The number of amides is 1. The molecule has 1 fully saturated rings. The Kier molecular flexibility index (Phi) is 4.16. The first-order valence-corrected chi connectivity index (χ1v) is 5.70. The zero-order valence-electron chi connectivity index (χ0n) is 9.60.